The molecule has 2 amide bonds. The quantitative estimate of drug-likeness (QED) is 0.196. The van der Waals surface area contributed by atoms with Gasteiger partial charge in [0.05, 0.1) is 0 Å². The first-order valence-corrected chi connectivity index (χ1v) is 10.9. The van der Waals surface area contributed by atoms with E-state index in [0.717, 1.165) is 24.2 Å². The third kappa shape index (κ3) is 8.09. The zero-order valence-electron chi connectivity index (χ0n) is 19.0. The molecule has 0 radical (unpaired) electrons. The van der Waals surface area contributed by atoms with Crippen LogP contribution in [0.15, 0.2) is 72.8 Å². The van der Waals surface area contributed by atoms with Crippen LogP contribution in [0, 0.1) is 18.8 Å². The summed E-state index contributed by atoms with van der Waals surface area (Å²) in [5, 5.41) is 14.6. The Bertz CT molecular complexity index is 1180. The summed E-state index contributed by atoms with van der Waals surface area (Å²) in [6.07, 6.45) is 0. The molecule has 1 atom stereocenters. The second-order valence-electron chi connectivity index (χ2n) is 7.79. The Kier molecular flexibility index (Phi) is 10.7. The summed E-state index contributed by atoms with van der Waals surface area (Å²) in [4.78, 5) is 23.7. The molecule has 0 aliphatic rings. The van der Waals surface area contributed by atoms with E-state index in [-0.39, 0.29) is 14.0 Å². The van der Waals surface area contributed by atoms with E-state index in [0.29, 0.717) is 5.56 Å². The molecule has 3 rings (SSSR count). The predicted octanol–water partition coefficient (Wildman–Crippen LogP) is 2.88. The van der Waals surface area contributed by atoms with Crippen LogP contribution >= 0.6 is 0 Å². The number of aryl methyl sites for hydroxylation is 1. The first-order valence-electron chi connectivity index (χ1n) is 10.9. The van der Waals surface area contributed by atoms with Gasteiger partial charge in [0.15, 0.2) is 0 Å². The van der Waals surface area contributed by atoms with Crippen LogP contribution in [0.5, 0.6) is 0 Å². The highest BCUT2D eigenvalue weighted by Gasteiger charge is 2.19. The number of amides is 2. The molecule has 0 aliphatic heterocycles. The highest BCUT2D eigenvalue weighted by Crippen LogP contribution is 2.09. The lowest BCUT2D eigenvalue weighted by atomic mass is 10.1. The summed E-state index contributed by atoms with van der Waals surface area (Å²) in [6, 6.07) is 22.1. The number of carbonyl (C=O) groups is 2. The Morgan fingerprint density at radius 2 is 1.51 bits per heavy atom. The summed E-state index contributed by atoms with van der Waals surface area (Å²) in [5.41, 5.74) is 12.7. The first-order chi connectivity index (χ1) is 16.5. The number of carbonyl (C=O) groups excluding carboxylic acids is 2. The minimum absolute atomic E-state index is 0. The van der Waals surface area contributed by atoms with E-state index in [2.05, 4.69) is 59.7 Å². The number of hydrogen-bond donors (Lipinski definition) is 5. The van der Waals surface area contributed by atoms with Gasteiger partial charge in [0.1, 0.15) is 6.04 Å². The van der Waals surface area contributed by atoms with Gasteiger partial charge in [0, 0.05) is 36.3 Å². The molecule has 0 unspecified atom stereocenters. The third-order valence-corrected chi connectivity index (χ3v) is 5.33. The van der Waals surface area contributed by atoms with Gasteiger partial charge in [-0.2, -0.15) is 0 Å². The molecule has 7 heteroatoms. The molecule has 0 bridgehead atoms. The fourth-order valence-electron chi connectivity index (χ4n) is 3.26. The molecule has 182 valence electrons. The van der Waals surface area contributed by atoms with Crippen molar-refractivity contribution in [3.63, 3.8) is 0 Å². The molecular formula is C28H32N4O3. The topological polar surface area (TPSA) is 116 Å². The Morgan fingerprint density at radius 1 is 0.914 bits per heavy atom. The maximum Gasteiger partial charge on any atom is 0.267 e. The van der Waals surface area contributed by atoms with Gasteiger partial charge in [-0.3, -0.25) is 14.8 Å². The number of benzene rings is 3. The smallest absolute Gasteiger partial charge is 0.267 e. The molecule has 0 saturated heterocycles. The Hall–Kier alpha value is -3.96. The SMILES string of the molecule is C.Cc1ccccc1CNCc1ccc(C#Cc2ccc(C(=O)N[C@@H](CN)C(=O)NO)cc2)cc1. The van der Waals surface area contributed by atoms with Crippen molar-refractivity contribution in [2.45, 2.75) is 33.5 Å². The molecule has 0 aromatic heterocycles. The van der Waals surface area contributed by atoms with E-state index in [1.807, 2.05) is 18.2 Å². The Morgan fingerprint density at radius 3 is 2.09 bits per heavy atom. The van der Waals surface area contributed by atoms with E-state index in [4.69, 9.17) is 10.9 Å². The van der Waals surface area contributed by atoms with Crippen LogP contribution in [0.1, 0.15) is 45.6 Å². The molecule has 0 heterocycles. The number of rotatable bonds is 8. The van der Waals surface area contributed by atoms with E-state index in [1.165, 1.54) is 22.2 Å². The highest BCUT2D eigenvalue weighted by molar-refractivity contribution is 5.97. The predicted molar refractivity (Wildman–Crippen MR) is 138 cm³/mol. The largest absolute Gasteiger partial charge is 0.339 e. The lowest BCUT2D eigenvalue weighted by molar-refractivity contribution is -0.130. The van der Waals surface area contributed by atoms with Crippen molar-refractivity contribution in [1.29, 1.82) is 0 Å². The van der Waals surface area contributed by atoms with E-state index in [1.54, 1.807) is 24.3 Å². The Labute approximate surface area is 206 Å². The van der Waals surface area contributed by atoms with Crippen LogP contribution in [0.25, 0.3) is 0 Å². The third-order valence-electron chi connectivity index (χ3n) is 5.33. The van der Waals surface area contributed by atoms with Gasteiger partial charge in [-0.1, -0.05) is 55.7 Å². The second kappa shape index (κ2) is 13.7. The van der Waals surface area contributed by atoms with Crippen molar-refractivity contribution >= 4 is 11.8 Å². The van der Waals surface area contributed by atoms with E-state index >= 15 is 0 Å². The van der Waals surface area contributed by atoms with Gasteiger partial charge in [0.2, 0.25) is 0 Å². The first kappa shape index (κ1) is 27.3. The number of hydrogen-bond acceptors (Lipinski definition) is 5. The second-order valence-corrected chi connectivity index (χ2v) is 7.79. The zero-order valence-corrected chi connectivity index (χ0v) is 19.0. The molecular weight excluding hydrogens is 440 g/mol. The standard InChI is InChI=1S/C27H28N4O3.CH4/c1-19-4-2-3-5-24(19)18-29-17-22-10-8-20(9-11-22)6-7-21-12-14-23(15-13-21)26(32)30-25(16-28)27(33)31-34;/h2-5,8-15,25,29,34H,16-18,28H2,1H3,(H,30,32)(H,31,33);1H4/t25-;/m0./s1. The number of nitrogens with two attached hydrogens (primary N) is 1. The lowest BCUT2D eigenvalue weighted by Gasteiger charge is -2.14. The summed E-state index contributed by atoms with van der Waals surface area (Å²) < 4.78 is 0. The monoisotopic (exact) mass is 472 g/mol. The van der Waals surface area contributed by atoms with Crippen LogP contribution < -0.4 is 21.8 Å². The van der Waals surface area contributed by atoms with Crippen molar-refractivity contribution in [3.8, 4) is 11.8 Å². The minimum Gasteiger partial charge on any atom is -0.339 e. The fraction of sp³-hybridized carbons (Fsp3) is 0.214. The molecule has 7 nitrogen and oxygen atoms in total. The fourth-order valence-corrected chi connectivity index (χ4v) is 3.26. The van der Waals surface area contributed by atoms with Crippen molar-refractivity contribution in [1.82, 2.24) is 16.1 Å². The molecule has 35 heavy (non-hydrogen) atoms. The maximum atomic E-state index is 12.3. The van der Waals surface area contributed by atoms with Crippen LogP contribution in [-0.4, -0.2) is 29.6 Å². The molecule has 0 aliphatic carbocycles. The van der Waals surface area contributed by atoms with E-state index < -0.39 is 17.9 Å². The van der Waals surface area contributed by atoms with Crippen LogP contribution in [0.4, 0.5) is 0 Å². The van der Waals surface area contributed by atoms with Gasteiger partial charge in [-0.25, -0.2) is 5.48 Å². The molecule has 3 aromatic carbocycles. The van der Waals surface area contributed by atoms with Gasteiger partial charge in [-0.05, 0) is 60.0 Å². The van der Waals surface area contributed by atoms with Crippen LogP contribution in [0.3, 0.4) is 0 Å². The van der Waals surface area contributed by atoms with Crippen LogP contribution in [0.2, 0.25) is 0 Å². The zero-order chi connectivity index (χ0) is 24.3. The lowest BCUT2D eigenvalue weighted by Crippen LogP contribution is -2.50. The average molecular weight is 473 g/mol. The molecule has 6 N–H and O–H groups in total. The molecule has 3 aromatic rings. The average Bonchev–Trinajstić information content (AvgIpc) is 2.87. The van der Waals surface area contributed by atoms with Gasteiger partial charge < -0.3 is 16.4 Å². The van der Waals surface area contributed by atoms with Gasteiger partial charge in [0.25, 0.3) is 11.8 Å². The van der Waals surface area contributed by atoms with Crippen LogP contribution in [-0.2, 0) is 17.9 Å². The molecule has 0 fully saturated rings. The van der Waals surface area contributed by atoms with Gasteiger partial charge in [-0.15, -0.1) is 0 Å². The number of nitrogens with one attached hydrogen (secondary N) is 3. The van der Waals surface area contributed by atoms with Crippen molar-refractivity contribution in [3.05, 3.63) is 106 Å². The van der Waals surface area contributed by atoms with Crippen molar-refractivity contribution < 1.29 is 14.8 Å². The van der Waals surface area contributed by atoms with Crippen molar-refractivity contribution in [2.75, 3.05) is 6.54 Å². The highest BCUT2D eigenvalue weighted by atomic mass is 16.5. The molecule has 0 saturated carbocycles. The minimum atomic E-state index is -1.02. The van der Waals surface area contributed by atoms with Crippen molar-refractivity contribution in [2.24, 2.45) is 5.73 Å². The summed E-state index contributed by atoms with van der Waals surface area (Å²) in [6.45, 7) is 3.58. The summed E-state index contributed by atoms with van der Waals surface area (Å²) >= 11 is 0. The Balaban J connectivity index is 0.00000432. The summed E-state index contributed by atoms with van der Waals surface area (Å²) in [7, 11) is 0. The normalized spacial score (nSPS) is 10.8. The molecule has 0 spiro atoms. The maximum absolute atomic E-state index is 12.3. The number of hydroxylamine groups is 1. The van der Waals surface area contributed by atoms with E-state index in [9.17, 15) is 9.59 Å². The summed E-state index contributed by atoms with van der Waals surface area (Å²) in [5.74, 6) is 4.96. The van der Waals surface area contributed by atoms with Gasteiger partial charge >= 0.3 is 0 Å².